The first-order chi connectivity index (χ1) is 9.47. The molecule has 0 N–H and O–H groups in total. The molecular formula is C14H10N2O4. The molecule has 6 nitrogen and oxygen atoms in total. The lowest BCUT2D eigenvalue weighted by molar-refractivity contribution is -0.384. The van der Waals surface area contributed by atoms with Crippen LogP contribution in [0.25, 0.3) is 0 Å². The highest BCUT2D eigenvalue weighted by Crippen LogP contribution is 2.13. The van der Waals surface area contributed by atoms with Crippen LogP contribution in [0.1, 0.15) is 17.3 Å². The number of rotatable bonds is 2. The van der Waals surface area contributed by atoms with Crippen molar-refractivity contribution in [3.8, 4) is 0 Å². The molecule has 0 aliphatic heterocycles. The van der Waals surface area contributed by atoms with Crippen LogP contribution in [0.2, 0.25) is 0 Å². The second kappa shape index (κ2) is 5.40. The summed E-state index contributed by atoms with van der Waals surface area (Å²) in [5.74, 6) is -0.635. The number of carbonyl (C=O) groups is 2. The molecule has 0 fully saturated rings. The minimum atomic E-state index is -0.540. The standard InChI is InChI=1S/C14H10N2O4/c1-9-8-11(4-7-13(9)17)15-14(18)10-2-5-12(6-3-10)16(19)20/h2-8H,1H3. The minimum absolute atomic E-state index is 0.0897. The van der Waals surface area contributed by atoms with Crippen LogP contribution in [0, 0.1) is 10.1 Å². The van der Waals surface area contributed by atoms with Gasteiger partial charge < -0.3 is 0 Å². The third kappa shape index (κ3) is 2.92. The molecule has 0 bridgehead atoms. The van der Waals surface area contributed by atoms with Crippen molar-refractivity contribution < 1.29 is 14.5 Å². The van der Waals surface area contributed by atoms with Gasteiger partial charge in [0, 0.05) is 17.7 Å². The Kier molecular flexibility index (Phi) is 3.65. The number of ketones is 1. The molecule has 100 valence electrons. The highest BCUT2D eigenvalue weighted by atomic mass is 16.6. The Balaban J connectivity index is 2.22. The van der Waals surface area contributed by atoms with Gasteiger partial charge in [0.05, 0.1) is 10.6 Å². The van der Waals surface area contributed by atoms with Crippen molar-refractivity contribution >= 4 is 23.1 Å². The molecule has 2 rings (SSSR count). The van der Waals surface area contributed by atoms with Crippen LogP contribution in [0.4, 0.5) is 5.69 Å². The average molecular weight is 270 g/mol. The summed E-state index contributed by atoms with van der Waals surface area (Å²) in [6.07, 6.45) is 4.32. The van der Waals surface area contributed by atoms with E-state index < -0.39 is 10.8 Å². The van der Waals surface area contributed by atoms with Gasteiger partial charge in [-0.05, 0) is 42.9 Å². The van der Waals surface area contributed by atoms with Gasteiger partial charge >= 0.3 is 0 Å². The summed E-state index contributed by atoms with van der Waals surface area (Å²) in [5, 5.41) is 10.5. The fourth-order valence-corrected chi connectivity index (χ4v) is 1.61. The molecule has 0 heterocycles. The number of benzene rings is 1. The van der Waals surface area contributed by atoms with Gasteiger partial charge in [0.1, 0.15) is 0 Å². The number of aliphatic imine (C=N–C) groups is 1. The molecule has 20 heavy (non-hydrogen) atoms. The van der Waals surface area contributed by atoms with E-state index in [0.717, 1.165) is 0 Å². The molecule has 1 aromatic carbocycles. The quantitative estimate of drug-likeness (QED) is 0.468. The lowest BCUT2D eigenvalue weighted by Crippen LogP contribution is -2.07. The number of non-ortho nitro benzene ring substituents is 1. The van der Waals surface area contributed by atoms with Gasteiger partial charge in [-0.2, -0.15) is 0 Å². The van der Waals surface area contributed by atoms with E-state index in [2.05, 4.69) is 4.99 Å². The van der Waals surface area contributed by atoms with E-state index in [0.29, 0.717) is 11.3 Å². The van der Waals surface area contributed by atoms with Crippen LogP contribution in [-0.2, 0) is 4.79 Å². The predicted octanol–water partition coefficient (Wildman–Crippen LogP) is 2.26. The second-order valence-corrected chi connectivity index (χ2v) is 4.17. The second-order valence-electron chi connectivity index (χ2n) is 4.17. The molecule has 1 aromatic rings. The molecule has 6 heteroatoms. The summed E-state index contributed by atoms with van der Waals surface area (Å²) in [6.45, 7) is 1.64. The summed E-state index contributed by atoms with van der Waals surface area (Å²) in [4.78, 5) is 36.9. The SMILES string of the molecule is CC1=CC(=NC(=O)c2ccc([N+](=O)[O-])cc2)C=CC1=O. The highest BCUT2D eigenvalue weighted by molar-refractivity contribution is 6.21. The lowest BCUT2D eigenvalue weighted by Gasteiger charge is -2.03. The number of nitro benzene ring substituents is 1. The first-order valence-electron chi connectivity index (χ1n) is 5.75. The van der Waals surface area contributed by atoms with E-state index in [1.807, 2.05) is 0 Å². The number of nitrogens with zero attached hydrogens (tertiary/aromatic N) is 2. The first kappa shape index (κ1) is 13.5. The van der Waals surface area contributed by atoms with Crippen LogP contribution in [0.15, 0.2) is 53.1 Å². The third-order valence-electron chi connectivity index (χ3n) is 2.71. The topological polar surface area (TPSA) is 89.6 Å². The van der Waals surface area contributed by atoms with Gasteiger partial charge in [0.25, 0.3) is 11.6 Å². The maximum atomic E-state index is 11.9. The van der Waals surface area contributed by atoms with E-state index in [-0.39, 0.29) is 17.0 Å². The van der Waals surface area contributed by atoms with Gasteiger partial charge in [0.2, 0.25) is 0 Å². The third-order valence-corrected chi connectivity index (χ3v) is 2.71. The largest absolute Gasteiger partial charge is 0.290 e. The monoisotopic (exact) mass is 270 g/mol. The van der Waals surface area contributed by atoms with Gasteiger partial charge in [-0.25, -0.2) is 4.99 Å². The number of amides is 1. The lowest BCUT2D eigenvalue weighted by atomic mass is 10.1. The van der Waals surface area contributed by atoms with E-state index >= 15 is 0 Å². The van der Waals surface area contributed by atoms with E-state index in [1.54, 1.807) is 6.92 Å². The molecule has 0 unspecified atom stereocenters. The summed E-state index contributed by atoms with van der Waals surface area (Å²) in [6, 6.07) is 5.18. The van der Waals surface area contributed by atoms with Crippen molar-refractivity contribution in [1.29, 1.82) is 0 Å². The summed E-state index contributed by atoms with van der Waals surface area (Å²) in [7, 11) is 0. The van der Waals surface area contributed by atoms with Gasteiger partial charge in [-0.15, -0.1) is 0 Å². The van der Waals surface area contributed by atoms with Gasteiger partial charge in [0.15, 0.2) is 5.78 Å². The highest BCUT2D eigenvalue weighted by Gasteiger charge is 2.11. The van der Waals surface area contributed by atoms with Gasteiger partial charge in [-0.1, -0.05) is 0 Å². The van der Waals surface area contributed by atoms with Crippen molar-refractivity contribution in [3.05, 3.63) is 63.7 Å². The zero-order valence-corrected chi connectivity index (χ0v) is 10.6. The number of hydrogen-bond acceptors (Lipinski definition) is 4. The minimum Gasteiger partial charge on any atom is -0.290 e. The van der Waals surface area contributed by atoms with Crippen molar-refractivity contribution in [3.63, 3.8) is 0 Å². The summed E-state index contributed by atoms with van der Waals surface area (Å²) < 4.78 is 0. The molecule has 0 saturated heterocycles. The van der Waals surface area contributed by atoms with Crippen LogP contribution in [-0.4, -0.2) is 22.3 Å². The maximum Gasteiger partial charge on any atom is 0.277 e. The molecule has 1 amide bonds. The fourth-order valence-electron chi connectivity index (χ4n) is 1.61. The fraction of sp³-hybridized carbons (Fsp3) is 0.0714. The van der Waals surface area contributed by atoms with Crippen molar-refractivity contribution in [2.45, 2.75) is 6.92 Å². The van der Waals surface area contributed by atoms with Crippen LogP contribution < -0.4 is 0 Å². The molecule has 0 spiro atoms. The molecule has 0 aromatic heterocycles. The Hall–Kier alpha value is -2.89. The number of hydrogen-bond donors (Lipinski definition) is 0. The molecule has 1 aliphatic carbocycles. The molecular weight excluding hydrogens is 260 g/mol. The Morgan fingerprint density at radius 3 is 2.40 bits per heavy atom. The van der Waals surface area contributed by atoms with Crippen molar-refractivity contribution in [1.82, 2.24) is 0 Å². The summed E-state index contributed by atoms with van der Waals surface area (Å²) >= 11 is 0. The number of allylic oxidation sites excluding steroid dienone is 4. The van der Waals surface area contributed by atoms with Crippen LogP contribution in [0.3, 0.4) is 0 Å². The van der Waals surface area contributed by atoms with Crippen molar-refractivity contribution in [2.75, 3.05) is 0 Å². The Morgan fingerprint density at radius 2 is 1.85 bits per heavy atom. The predicted molar refractivity (Wildman–Crippen MR) is 72.8 cm³/mol. The Morgan fingerprint density at radius 1 is 1.20 bits per heavy atom. The number of nitro groups is 1. The Labute approximate surface area is 114 Å². The van der Waals surface area contributed by atoms with E-state index in [4.69, 9.17) is 0 Å². The smallest absolute Gasteiger partial charge is 0.277 e. The molecule has 0 radical (unpaired) electrons. The zero-order valence-electron chi connectivity index (χ0n) is 10.6. The van der Waals surface area contributed by atoms with Crippen molar-refractivity contribution in [2.24, 2.45) is 4.99 Å². The molecule has 0 saturated carbocycles. The first-order valence-corrected chi connectivity index (χ1v) is 5.75. The summed E-state index contributed by atoms with van der Waals surface area (Å²) in [5.41, 5.74) is 1.04. The van der Waals surface area contributed by atoms with E-state index in [9.17, 15) is 19.7 Å². The van der Waals surface area contributed by atoms with Crippen LogP contribution >= 0.6 is 0 Å². The zero-order chi connectivity index (χ0) is 14.7. The maximum absolute atomic E-state index is 11.9. The Bertz CT molecular complexity index is 682. The van der Waals surface area contributed by atoms with Crippen LogP contribution in [0.5, 0.6) is 0 Å². The normalized spacial score (nSPS) is 16.1. The van der Waals surface area contributed by atoms with Gasteiger partial charge in [-0.3, -0.25) is 19.7 Å². The average Bonchev–Trinajstić information content (AvgIpc) is 2.43. The molecule has 0 atom stereocenters. The molecule has 1 aliphatic rings. The van der Waals surface area contributed by atoms with E-state index in [1.165, 1.54) is 42.5 Å². The number of carbonyl (C=O) groups excluding carboxylic acids is 2.